The SMILES string of the molecule is C[C@H](O)c1ccccc1N(C)CC1CCCCC1. The smallest absolute Gasteiger partial charge is 0.0781 e. The lowest BCUT2D eigenvalue weighted by molar-refractivity contribution is 0.199. The molecule has 0 heterocycles. The first-order chi connectivity index (χ1) is 8.68. The third-order valence-electron chi connectivity index (χ3n) is 4.05. The highest BCUT2D eigenvalue weighted by Crippen LogP contribution is 2.29. The summed E-state index contributed by atoms with van der Waals surface area (Å²) in [5, 5.41) is 9.83. The van der Waals surface area contributed by atoms with Gasteiger partial charge in [0.2, 0.25) is 0 Å². The van der Waals surface area contributed by atoms with Crippen LogP contribution in [0, 0.1) is 5.92 Å². The summed E-state index contributed by atoms with van der Waals surface area (Å²) in [5.74, 6) is 0.825. The molecule has 0 spiro atoms. The van der Waals surface area contributed by atoms with Gasteiger partial charge in [-0.25, -0.2) is 0 Å². The molecule has 2 rings (SSSR count). The Morgan fingerprint density at radius 1 is 1.22 bits per heavy atom. The van der Waals surface area contributed by atoms with E-state index in [9.17, 15) is 5.11 Å². The van der Waals surface area contributed by atoms with Crippen LogP contribution in [0.4, 0.5) is 5.69 Å². The molecule has 1 N–H and O–H groups in total. The zero-order valence-corrected chi connectivity index (χ0v) is 11.6. The predicted octanol–water partition coefficient (Wildman–Crippen LogP) is 3.76. The van der Waals surface area contributed by atoms with Crippen molar-refractivity contribution in [2.45, 2.75) is 45.1 Å². The van der Waals surface area contributed by atoms with E-state index in [4.69, 9.17) is 0 Å². The quantitative estimate of drug-likeness (QED) is 0.875. The number of aliphatic hydroxyl groups excluding tert-OH is 1. The maximum atomic E-state index is 9.83. The molecule has 100 valence electrons. The minimum atomic E-state index is -0.394. The van der Waals surface area contributed by atoms with Gasteiger partial charge in [-0.3, -0.25) is 0 Å². The van der Waals surface area contributed by atoms with Crippen LogP contribution in [0.15, 0.2) is 24.3 Å². The summed E-state index contributed by atoms with van der Waals surface area (Å²) >= 11 is 0. The summed E-state index contributed by atoms with van der Waals surface area (Å²) in [6.45, 7) is 2.96. The first-order valence-corrected chi connectivity index (χ1v) is 7.16. The van der Waals surface area contributed by atoms with Gasteiger partial charge in [0.05, 0.1) is 6.10 Å². The number of hydrogen-bond acceptors (Lipinski definition) is 2. The van der Waals surface area contributed by atoms with E-state index in [1.165, 1.54) is 37.8 Å². The Labute approximate surface area is 111 Å². The molecule has 18 heavy (non-hydrogen) atoms. The first-order valence-electron chi connectivity index (χ1n) is 7.16. The number of rotatable bonds is 4. The van der Waals surface area contributed by atoms with Crippen molar-refractivity contribution in [3.8, 4) is 0 Å². The van der Waals surface area contributed by atoms with Crippen molar-refractivity contribution in [3.05, 3.63) is 29.8 Å². The molecule has 0 aromatic heterocycles. The Morgan fingerprint density at radius 3 is 2.56 bits per heavy atom. The lowest BCUT2D eigenvalue weighted by Crippen LogP contribution is -2.27. The van der Waals surface area contributed by atoms with Gasteiger partial charge in [-0.15, -0.1) is 0 Å². The highest BCUT2D eigenvalue weighted by molar-refractivity contribution is 5.53. The summed E-state index contributed by atoms with van der Waals surface area (Å²) in [5.41, 5.74) is 2.22. The zero-order valence-electron chi connectivity index (χ0n) is 11.6. The number of para-hydroxylation sites is 1. The van der Waals surface area contributed by atoms with E-state index in [1.807, 2.05) is 19.1 Å². The molecule has 2 heteroatoms. The van der Waals surface area contributed by atoms with Crippen LogP contribution >= 0.6 is 0 Å². The average molecular weight is 247 g/mol. The summed E-state index contributed by atoms with van der Waals surface area (Å²) in [6.07, 6.45) is 6.51. The normalized spacial score (nSPS) is 18.6. The Hall–Kier alpha value is -1.02. The third-order valence-corrected chi connectivity index (χ3v) is 4.05. The second-order valence-electron chi connectivity index (χ2n) is 5.62. The molecule has 0 aliphatic heterocycles. The Bertz CT molecular complexity index is 369. The molecule has 0 bridgehead atoms. The molecule has 1 aromatic rings. The van der Waals surface area contributed by atoms with Crippen LogP contribution in [-0.2, 0) is 0 Å². The molecule has 2 nitrogen and oxygen atoms in total. The summed E-state index contributed by atoms with van der Waals surface area (Å²) in [6, 6.07) is 8.20. The summed E-state index contributed by atoms with van der Waals surface area (Å²) in [7, 11) is 2.15. The summed E-state index contributed by atoms with van der Waals surface area (Å²) in [4.78, 5) is 2.32. The van der Waals surface area contributed by atoms with Crippen LogP contribution in [0.5, 0.6) is 0 Å². The van der Waals surface area contributed by atoms with Crippen LogP contribution in [-0.4, -0.2) is 18.7 Å². The lowest BCUT2D eigenvalue weighted by Gasteiger charge is -2.30. The van der Waals surface area contributed by atoms with E-state index in [1.54, 1.807) is 0 Å². The van der Waals surface area contributed by atoms with Crippen molar-refractivity contribution in [2.24, 2.45) is 5.92 Å². The van der Waals surface area contributed by atoms with Crippen molar-refractivity contribution < 1.29 is 5.11 Å². The Balaban J connectivity index is 2.05. The molecule has 0 unspecified atom stereocenters. The van der Waals surface area contributed by atoms with Crippen molar-refractivity contribution in [1.29, 1.82) is 0 Å². The lowest BCUT2D eigenvalue weighted by atomic mass is 9.89. The highest BCUT2D eigenvalue weighted by atomic mass is 16.3. The molecule has 1 fully saturated rings. The van der Waals surface area contributed by atoms with E-state index >= 15 is 0 Å². The van der Waals surface area contributed by atoms with Crippen LogP contribution < -0.4 is 4.90 Å². The van der Waals surface area contributed by atoms with Gasteiger partial charge in [0.15, 0.2) is 0 Å². The van der Waals surface area contributed by atoms with Gasteiger partial charge in [0, 0.05) is 24.8 Å². The second-order valence-corrected chi connectivity index (χ2v) is 5.62. The minimum Gasteiger partial charge on any atom is -0.389 e. The second kappa shape index (κ2) is 6.24. The molecule has 1 saturated carbocycles. The topological polar surface area (TPSA) is 23.5 Å². The molecule has 0 radical (unpaired) electrons. The van der Waals surface area contributed by atoms with Crippen LogP contribution in [0.3, 0.4) is 0 Å². The maximum Gasteiger partial charge on any atom is 0.0781 e. The van der Waals surface area contributed by atoms with Crippen LogP contribution in [0.2, 0.25) is 0 Å². The fraction of sp³-hybridized carbons (Fsp3) is 0.625. The molecule has 0 saturated heterocycles. The highest BCUT2D eigenvalue weighted by Gasteiger charge is 2.17. The third kappa shape index (κ3) is 3.26. The fourth-order valence-electron chi connectivity index (χ4n) is 3.04. The van der Waals surface area contributed by atoms with Gasteiger partial charge in [-0.2, -0.15) is 0 Å². The van der Waals surface area contributed by atoms with Crippen LogP contribution in [0.1, 0.15) is 50.7 Å². The van der Waals surface area contributed by atoms with E-state index in [-0.39, 0.29) is 0 Å². The monoisotopic (exact) mass is 247 g/mol. The van der Waals surface area contributed by atoms with E-state index in [0.717, 1.165) is 18.0 Å². The van der Waals surface area contributed by atoms with Crippen molar-refractivity contribution in [1.82, 2.24) is 0 Å². The molecule has 1 aliphatic rings. The maximum absolute atomic E-state index is 9.83. The molecule has 1 atom stereocenters. The Morgan fingerprint density at radius 2 is 1.89 bits per heavy atom. The van der Waals surface area contributed by atoms with Crippen LogP contribution in [0.25, 0.3) is 0 Å². The van der Waals surface area contributed by atoms with Gasteiger partial charge < -0.3 is 10.0 Å². The minimum absolute atomic E-state index is 0.394. The van der Waals surface area contributed by atoms with E-state index in [0.29, 0.717) is 0 Å². The Kier molecular flexibility index (Phi) is 4.65. The number of benzene rings is 1. The number of anilines is 1. The summed E-state index contributed by atoms with van der Waals surface area (Å²) < 4.78 is 0. The van der Waals surface area contributed by atoms with Crippen molar-refractivity contribution in [3.63, 3.8) is 0 Å². The molecular formula is C16H25NO. The van der Waals surface area contributed by atoms with Crippen molar-refractivity contribution in [2.75, 3.05) is 18.5 Å². The number of nitrogens with zero attached hydrogens (tertiary/aromatic N) is 1. The molecule has 1 aliphatic carbocycles. The molecule has 0 amide bonds. The van der Waals surface area contributed by atoms with Gasteiger partial charge >= 0.3 is 0 Å². The largest absolute Gasteiger partial charge is 0.389 e. The fourth-order valence-corrected chi connectivity index (χ4v) is 3.04. The van der Waals surface area contributed by atoms with E-state index in [2.05, 4.69) is 24.1 Å². The van der Waals surface area contributed by atoms with E-state index < -0.39 is 6.10 Å². The average Bonchev–Trinajstić information content (AvgIpc) is 2.40. The van der Waals surface area contributed by atoms with Gasteiger partial charge in [0.1, 0.15) is 0 Å². The first kappa shape index (κ1) is 13.4. The van der Waals surface area contributed by atoms with Gasteiger partial charge in [-0.1, -0.05) is 37.5 Å². The number of aliphatic hydroxyl groups is 1. The van der Waals surface area contributed by atoms with Gasteiger partial charge in [-0.05, 0) is 31.7 Å². The number of hydrogen-bond donors (Lipinski definition) is 1. The van der Waals surface area contributed by atoms with Gasteiger partial charge in [0.25, 0.3) is 0 Å². The van der Waals surface area contributed by atoms with Crippen molar-refractivity contribution >= 4 is 5.69 Å². The molecule has 1 aromatic carbocycles. The predicted molar refractivity (Wildman–Crippen MR) is 76.9 cm³/mol. The molecular weight excluding hydrogens is 222 g/mol. The standard InChI is InChI=1S/C16H25NO/c1-13(18)15-10-6-7-11-16(15)17(2)12-14-8-4-3-5-9-14/h6-7,10-11,13-14,18H,3-5,8-9,12H2,1-2H3/t13-/m0/s1. The zero-order chi connectivity index (χ0) is 13.0.